The van der Waals surface area contributed by atoms with Gasteiger partial charge in [0.2, 0.25) is 10.0 Å². The summed E-state index contributed by atoms with van der Waals surface area (Å²) in [5.74, 6) is 0.372. The standard InChI is InChI=1S/C16H25N3O5S.ClH/c1-17-10-12-6-5-7-19(12)16(20)11-8-13(18-25(4,21)22)15(24-3)14(9-11)23-2;/h8-9,12,17-18H,5-7,10H2,1-4H3;1H. The highest BCUT2D eigenvalue weighted by molar-refractivity contribution is 7.92. The van der Waals surface area contributed by atoms with Crippen molar-refractivity contribution in [2.45, 2.75) is 18.9 Å². The topological polar surface area (TPSA) is 97.0 Å². The van der Waals surface area contributed by atoms with Gasteiger partial charge in [-0.25, -0.2) is 8.42 Å². The fraction of sp³-hybridized carbons (Fsp3) is 0.562. The van der Waals surface area contributed by atoms with E-state index >= 15 is 0 Å². The SMILES string of the molecule is CNCC1CCCN1C(=O)c1cc(NS(C)(=O)=O)c(OC)c(OC)c1.Cl. The van der Waals surface area contributed by atoms with Crippen LogP contribution in [0.3, 0.4) is 0 Å². The molecule has 0 aliphatic carbocycles. The van der Waals surface area contributed by atoms with Crippen molar-refractivity contribution >= 4 is 34.0 Å². The molecule has 0 bridgehead atoms. The molecule has 148 valence electrons. The van der Waals surface area contributed by atoms with Crippen LogP contribution in [0, 0.1) is 0 Å². The monoisotopic (exact) mass is 407 g/mol. The van der Waals surface area contributed by atoms with Gasteiger partial charge in [0.05, 0.1) is 26.2 Å². The Morgan fingerprint density at radius 1 is 1.31 bits per heavy atom. The number of likely N-dealkylation sites (N-methyl/N-ethyl adjacent to an activating group) is 1. The summed E-state index contributed by atoms with van der Waals surface area (Å²) in [5, 5.41) is 3.10. The van der Waals surface area contributed by atoms with Crippen LogP contribution in [0.25, 0.3) is 0 Å². The molecule has 0 aromatic heterocycles. The number of likely N-dealkylation sites (tertiary alicyclic amines) is 1. The number of halogens is 1. The average molecular weight is 408 g/mol. The minimum absolute atomic E-state index is 0. The van der Waals surface area contributed by atoms with Crippen molar-refractivity contribution in [1.29, 1.82) is 0 Å². The first-order valence-electron chi connectivity index (χ1n) is 8.00. The number of hydrogen-bond acceptors (Lipinski definition) is 6. The quantitative estimate of drug-likeness (QED) is 0.707. The third-order valence-corrected chi connectivity index (χ3v) is 4.69. The number of hydrogen-bond donors (Lipinski definition) is 2. The van der Waals surface area contributed by atoms with Gasteiger partial charge in [-0.3, -0.25) is 9.52 Å². The third kappa shape index (κ3) is 5.15. The molecule has 0 spiro atoms. The number of methoxy groups -OCH3 is 2. The lowest BCUT2D eigenvalue weighted by molar-refractivity contribution is 0.0736. The van der Waals surface area contributed by atoms with Gasteiger partial charge in [-0.2, -0.15) is 0 Å². The fourth-order valence-corrected chi connectivity index (χ4v) is 3.63. The van der Waals surface area contributed by atoms with Crippen LogP contribution in [0.4, 0.5) is 5.69 Å². The highest BCUT2D eigenvalue weighted by atomic mass is 35.5. The van der Waals surface area contributed by atoms with E-state index in [4.69, 9.17) is 9.47 Å². The molecule has 1 unspecified atom stereocenters. The van der Waals surface area contributed by atoms with E-state index in [0.29, 0.717) is 24.4 Å². The van der Waals surface area contributed by atoms with Crippen LogP contribution in [0.2, 0.25) is 0 Å². The number of sulfonamides is 1. The summed E-state index contributed by atoms with van der Waals surface area (Å²) in [4.78, 5) is 14.7. The molecule has 1 aliphatic heterocycles. The number of rotatable bonds is 7. The number of ether oxygens (including phenoxy) is 2. The molecule has 1 aromatic rings. The van der Waals surface area contributed by atoms with Crippen molar-refractivity contribution in [3.63, 3.8) is 0 Å². The summed E-state index contributed by atoms with van der Waals surface area (Å²) in [5.41, 5.74) is 0.531. The van der Waals surface area contributed by atoms with Gasteiger partial charge in [-0.05, 0) is 32.0 Å². The zero-order valence-corrected chi connectivity index (χ0v) is 17.0. The van der Waals surface area contributed by atoms with Crippen molar-refractivity contribution < 1.29 is 22.7 Å². The second-order valence-corrected chi connectivity index (χ2v) is 7.73. The first kappa shape index (κ1) is 22.3. The number of benzene rings is 1. The molecule has 1 aromatic carbocycles. The summed E-state index contributed by atoms with van der Waals surface area (Å²) < 4.78 is 36.2. The Labute approximate surface area is 160 Å². The van der Waals surface area contributed by atoms with Crippen LogP contribution in [-0.2, 0) is 10.0 Å². The number of nitrogens with one attached hydrogen (secondary N) is 2. The molecule has 1 amide bonds. The van der Waals surface area contributed by atoms with Crippen molar-refractivity contribution in [2.75, 3.05) is 45.3 Å². The number of carbonyl (C=O) groups is 1. The molecule has 1 saturated heterocycles. The Bertz CT molecular complexity index is 742. The molecule has 1 aliphatic rings. The minimum atomic E-state index is -3.54. The first-order chi connectivity index (χ1) is 11.8. The van der Waals surface area contributed by atoms with Gasteiger partial charge >= 0.3 is 0 Å². The number of carbonyl (C=O) groups excluding carboxylic acids is 1. The molecule has 8 nitrogen and oxygen atoms in total. The van der Waals surface area contributed by atoms with Crippen LogP contribution >= 0.6 is 12.4 Å². The Hall–Kier alpha value is -1.71. The van der Waals surface area contributed by atoms with Gasteiger partial charge in [0.1, 0.15) is 0 Å². The maximum absolute atomic E-state index is 12.9. The third-order valence-electron chi connectivity index (χ3n) is 4.10. The first-order valence-corrected chi connectivity index (χ1v) is 9.89. The lowest BCUT2D eigenvalue weighted by atomic mass is 10.1. The van der Waals surface area contributed by atoms with Crippen molar-refractivity contribution in [1.82, 2.24) is 10.2 Å². The van der Waals surface area contributed by atoms with Gasteiger partial charge < -0.3 is 19.7 Å². The van der Waals surface area contributed by atoms with Crippen LogP contribution in [-0.4, -0.2) is 65.9 Å². The molecule has 1 fully saturated rings. The summed E-state index contributed by atoms with van der Waals surface area (Å²) in [6.45, 7) is 1.39. The molecule has 0 radical (unpaired) electrons. The molecular weight excluding hydrogens is 382 g/mol. The molecule has 26 heavy (non-hydrogen) atoms. The largest absolute Gasteiger partial charge is 0.493 e. The van der Waals surface area contributed by atoms with Gasteiger partial charge in [0.15, 0.2) is 11.5 Å². The highest BCUT2D eigenvalue weighted by Gasteiger charge is 2.30. The summed E-state index contributed by atoms with van der Waals surface area (Å²) >= 11 is 0. The predicted octanol–water partition coefficient (Wildman–Crippen LogP) is 1.32. The Morgan fingerprint density at radius 2 is 2.00 bits per heavy atom. The molecule has 2 rings (SSSR count). The molecule has 1 atom stereocenters. The summed E-state index contributed by atoms with van der Waals surface area (Å²) in [6.07, 6.45) is 2.92. The Kier molecular flexibility index (Phi) is 7.98. The number of anilines is 1. The zero-order valence-electron chi connectivity index (χ0n) is 15.4. The maximum atomic E-state index is 12.9. The van der Waals surface area contributed by atoms with Crippen LogP contribution in [0.5, 0.6) is 11.5 Å². The predicted molar refractivity (Wildman–Crippen MR) is 103 cm³/mol. The van der Waals surface area contributed by atoms with Gasteiger partial charge in [0, 0.05) is 24.7 Å². The lowest BCUT2D eigenvalue weighted by Crippen LogP contribution is -2.40. The normalized spacial score (nSPS) is 16.8. The van der Waals surface area contributed by atoms with Crippen molar-refractivity contribution in [2.24, 2.45) is 0 Å². The van der Waals surface area contributed by atoms with Crippen LogP contribution in [0.15, 0.2) is 12.1 Å². The van der Waals surface area contributed by atoms with E-state index in [2.05, 4.69) is 10.0 Å². The molecule has 2 N–H and O–H groups in total. The van der Waals surface area contributed by atoms with Gasteiger partial charge in [-0.1, -0.05) is 0 Å². The van der Waals surface area contributed by atoms with E-state index in [0.717, 1.165) is 19.1 Å². The molecule has 1 heterocycles. The second-order valence-electron chi connectivity index (χ2n) is 5.99. The fourth-order valence-electron chi connectivity index (χ4n) is 3.08. The maximum Gasteiger partial charge on any atom is 0.254 e. The van der Waals surface area contributed by atoms with Gasteiger partial charge in [-0.15, -0.1) is 12.4 Å². The van der Waals surface area contributed by atoms with Crippen molar-refractivity contribution in [3.8, 4) is 11.5 Å². The van der Waals surface area contributed by atoms with Gasteiger partial charge in [0.25, 0.3) is 5.91 Å². The zero-order chi connectivity index (χ0) is 18.6. The average Bonchev–Trinajstić information content (AvgIpc) is 3.00. The van der Waals surface area contributed by atoms with E-state index < -0.39 is 10.0 Å². The molecular formula is C16H26ClN3O5S. The van der Waals surface area contributed by atoms with Crippen molar-refractivity contribution in [3.05, 3.63) is 17.7 Å². The van der Waals surface area contributed by atoms with E-state index in [1.54, 1.807) is 6.07 Å². The number of amides is 1. The molecule has 10 heteroatoms. The molecule has 0 saturated carbocycles. The Balaban J connectivity index is 0.00000338. The van der Waals surface area contributed by atoms with Crippen LogP contribution < -0.4 is 19.5 Å². The lowest BCUT2D eigenvalue weighted by Gasteiger charge is -2.25. The Morgan fingerprint density at radius 3 is 2.54 bits per heavy atom. The summed E-state index contributed by atoms with van der Waals surface area (Å²) in [7, 11) is 1.17. The van der Waals surface area contributed by atoms with E-state index in [1.165, 1.54) is 20.3 Å². The van der Waals surface area contributed by atoms with E-state index in [9.17, 15) is 13.2 Å². The smallest absolute Gasteiger partial charge is 0.254 e. The second kappa shape index (κ2) is 9.29. The van der Waals surface area contributed by atoms with Crippen LogP contribution in [0.1, 0.15) is 23.2 Å². The van der Waals surface area contributed by atoms with E-state index in [1.807, 2.05) is 11.9 Å². The highest BCUT2D eigenvalue weighted by Crippen LogP contribution is 2.37. The number of nitrogens with zero attached hydrogens (tertiary/aromatic N) is 1. The van der Waals surface area contributed by atoms with E-state index in [-0.39, 0.29) is 35.8 Å². The minimum Gasteiger partial charge on any atom is -0.493 e. The summed E-state index contributed by atoms with van der Waals surface area (Å²) in [6, 6.07) is 3.18.